The van der Waals surface area contributed by atoms with Gasteiger partial charge in [0, 0.05) is 39.3 Å². The molecule has 0 saturated carbocycles. The van der Waals surface area contributed by atoms with E-state index in [0.717, 1.165) is 12.1 Å². The van der Waals surface area contributed by atoms with E-state index in [2.05, 4.69) is 20.6 Å². The van der Waals surface area contributed by atoms with E-state index in [1.54, 1.807) is 11.0 Å². The predicted molar refractivity (Wildman–Crippen MR) is 168 cm³/mol. The van der Waals surface area contributed by atoms with E-state index >= 15 is 0 Å². The number of halogens is 5. The van der Waals surface area contributed by atoms with Crippen molar-refractivity contribution >= 4 is 35.1 Å². The molecule has 48 heavy (non-hydrogen) atoms. The minimum Gasteiger partial charge on any atom is -0.417 e. The second kappa shape index (κ2) is 13.9. The topological polar surface area (TPSA) is 107 Å². The molecule has 2 aliphatic rings. The number of carbonyl (C=O) groups is 2. The maximum atomic E-state index is 14.0. The van der Waals surface area contributed by atoms with E-state index in [1.165, 1.54) is 28.8 Å². The van der Waals surface area contributed by atoms with Crippen molar-refractivity contribution < 1.29 is 36.0 Å². The monoisotopic (exact) mass is 669 g/mol. The second-order valence-electron chi connectivity index (χ2n) is 11.6. The van der Waals surface area contributed by atoms with Gasteiger partial charge in [-0.3, -0.25) is 4.79 Å². The molecule has 4 heterocycles. The maximum Gasteiger partial charge on any atom is 0.437 e. The van der Waals surface area contributed by atoms with Gasteiger partial charge in [0.1, 0.15) is 23.1 Å². The SMILES string of the molecule is O=C(Nc1ccc(N2CCCN(C(=O)Nc3c(F)cccc3F)CC2)nc1)c1oc(N2CCC(c3ccccc3)CC2)nc1C(F)(F)F. The Kier molecular flexibility index (Phi) is 9.46. The molecule has 10 nitrogen and oxygen atoms in total. The Morgan fingerprint density at radius 2 is 1.54 bits per heavy atom. The van der Waals surface area contributed by atoms with E-state index < -0.39 is 46.9 Å². The normalized spacial score (nSPS) is 16.1. The molecular weight excluding hydrogens is 637 g/mol. The third kappa shape index (κ3) is 7.34. The van der Waals surface area contributed by atoms with Crippen molar-refractivity contribution in [2.45, 2.75) is 31.4 Å². The molecule has 0 spiro atoms. The van der Waals surface area contributed by atoms with Gasteiger partial charge in [-0.2, -0.15) is 18.2 Å². The molecule has 0 bridgehead atoms. The first kappa shape index (κ1) is 32.7. The van der Waals surface area contributed by atoms with Gasteiger partial charge in [0.05, 0.1) is 11.9 Å². The Morgan fingerprint density at radius 1 is 0.812 bits per heavy atom. The number of carbonyl (C=O) groups excluding carboxylic acids is 2. The molecular formula is C33H32F5N7O3. The molecule has 2 aromatic carbocycles. The molecule has 0 radical (unpaired) electrons. The molecule has 15 heteroatoms. The van der Waals surface area contributed by atoms with Gasteiger partial charge >= 0.3 is 12.2 Å². The summed E-state index contributed by atoms with van der Waals surface area (Å²) in [5.74, 6) is -3.04. The van der Waals surface area contributed by atoms with Gasteiger partial charge in [-0.25, -0.2) is 18.6 Å². The van der Waals surface area contributed by atoms with Crippen molar-refractivity contribution in [3.63, 3.8) is 0 Å². The quantitative estimate of drug-likeness (QED) is 0.219. The molecule has 2 fully saturated rings. The molecule has 2 aliphatic heterocycles. The third-order valence-corrected chi connectivity index (χ3v) is 8.43. The van der Waals surface area contributed by atoms with Gasteiger partial charge in [-0.05, 0) is 55.0 Å². The van der Waals surface area contributed by atoms with Crippen molar-refractivity contribution in [3.8, 4) is 0 Å². The number of alkyl halides is 3. The van der Waals surface area contributed by atoms with Crippen LogP contribution in [0, 0.1) is 11.6 Å². The van der Waals surface area contributed by atoms with Gasteiger partial charge in [-0.1, -0.05) is 36.4 Å². The summed E-state index contributed by atoms with van der Waals surface area (Å²) in [4.78, 5) is 38.7. The van der Waals surface area contributed by atoms with Crippen LogP contribution in [0.3, 0.4) is 0 Å². The fraction of sp³-hybridized carbons (Fsp3) is 0.333. The van der Waals surface area contributed by atoms with Crippen LogP contribution in [-0.4, -0.2) is 66.1 Å². The van der Waals surface area contributed by atoms with Crippen LogP contribution in [0.25, 0.3) is 0 Å². The predicted octanol–water partition coefficient (Wildman–Crippen LogP) is 6.75. The van der Waals surface area contributed by atoms with Gasteiger partial charge in [-0.15, -0.1) is 0 Å². The highest BCUT2D eigenvalue weighted by Gasteiger charge is 2.42. The zero-order chi connectivity index (χ0) is 33.8. The summed E-state index contributed by atoms with van der Waals surface area (Å²) in [6, 6.07) is 15.4. The number of nitrogens with zero attached hydrogens (tertiary/aromatic N) is 5. The Bertz CT molecular complexity index is 1720. The number of hydrogen-bond acceptors (Lipinski definition) is 7. The van der Waals surface area contributed by atoms with E-state index in [4.69, 9.17) is 4.42 Å². The summed E-state index contributed by atoms with van der Waals surface area (Å²) in [5.41, 5.74) is -0.614. The number of hydrogen-bond donors (Lipinski definition) is 2. The number of piperidine rings is 1. The van der Waals surface area contributed by atoms with Crippen molar-refractivity contribution in [1.82, 2.24) is 14.9 Å². The Hall–Kier alpha value is -5.21. The first-order valence-electron chi connectivity index (χ1n) is 15.5. The number of para-hydroxylation sites is 1. The van der Waals surface area contributed by atoms with Crippen molar-refractivity contribution in [2.75, 3.05) is 59.7 Å². The average molecular weight is 670 g/mol. The van der Waals surface area contributed by atoms with E-state index in [1.807, 2.05) is 35.2 Å². The highest BCUT2D eigenvalue weighted by atomic mass is 19.4. The smallest absolute Gasteiger partial charge is 0.417 e. The first-order valence-corrected chi connectivity index (χ1v) is 15.5. The Labute approximate surface area is 272 Å². The van der Waals surface area contributed by atoms with Gasteiger partial charge in [0.2, 0.25) is 5.76 Å². The molecule has 0 unspecified atom stereocenters. The minimum atomic E-state index is -4.92. The summed E-state index contributed by atoms with van der Waals surface area (Å²) in [6.07, 6.45) is -1.68. The van der Waals surface area contributed by atoms with Crippen LogP contribution in [0.4, 0.5) is 50.0 Å². The summed E-state index contributed by atoms with van der Waals surface area (Å²) < 4.78 is 75.2. The average Bonchev–Trinajstić information content (AvgIpc) is 3.41. The molecule has 0 aliphatic carbocycles. The Morgan fingerprint density at radius 3 is 2.21 bits per heavy atom. The zero-order valence-electron chi connectivity index (χ0n) is 25.6. The van der Waals surface area contributed by atoms with Crippen LogP contribution in [0.1, 0.15) is 47.0 Å². The first-order chi connectivity index (χ1) is 23.1. The maximum absolute atomic E-state index is 14.0. The number of anilines is 4. The van der Waals surface area contributed by atoms with E-state index in [-0.39, 0.29) is 24.2 Å². The molecule has 2 saturated heterocycles. The second-order valence-corrected chi connectivity index (χ2v) is 11.6. The van der Waals surface area contributed by atoms with Crippen molar-refractivity contribution in [1.29, 1.82) is 0 Å². The molecule has 252 valence electrons. The molecule has 2 aromatic heterocycles. The lowest BCUT2D eigenvalue weighted by atomic mass is 9.90. The van der Waals surface area contributed by atoms with Crippen LogP contribution in [0.15, 0.2) is 71.3 Å². The summed E-state index contributed by atoms with van der Waals surface area (Å²) >= 11 is 0. The zero-order valence-corrected chi connectivity index (χ0v) is 25.6. The van der Waals surface area contributed by atoms with Crippen LogP contribution in [0.2, 0.25) is 0 Å². The molecule has 4 aromatic rings. The van der Waals surface area contributed by atoms with Gasteiger partial charge in [0.15, 0.2) is 5.69 Å². The number of oxazole rings is 1. The lowest BCUT2D eigenvalue weighted by Gasteiger charge is -2.31. The van der Waals surface area contributed by atoms with Crippen LogP contribution >= 0.6 is 0 Å². The summed E-state index contributed by atoms with van der Waals surface area (Å²) in [7, 11) is 0. The van der Waals surface area contributed by atoms with Crippen molar-refractivity contribution in [3.05, 3.63) is 95.5 Å². The standard InChI is InChI=1S/C33H32F5N7O3/c34-24-8-4-9-25(35)27(24)41-31(47)44-15-5-14-43(18-19-44)26-11-10-23(20-39-26)40-30(46)28-29(33(36,37)38)42-32(48-28)45-16-12-22(13-17-45)21-6-2-1-3-7-21/h1-4,6-11,20,22H,5,12-19H2,(H,40,46)(H,41,47). The number of urea groups is 1. The van der Waals surface area contributed by atoms with E-state index in [0.29, 0.717) is 57.8 Å². The molecule has 2 N–H and O–H groups in total. The summed E-state index contributed by atoms with van der Waals surface area (Å²) in [5, 5.41) is 4.71. The fourth-order valence-corrected chi connectivity index (χ4v) is 5.91. The minimum absolute atomic E-state index is 0.140. The highest BCUT2D eigenvalue weighted by molar-refractivity contribution is 6.03. The number of benzene rings is 2. The fourth-order valence-electron chi connectivity index (χ4n) is 5.91. The lowest BCUT2D eigenvalue weighted by Crippen LogP contribution is -2.38. The molecule has 3 amide bonds. The number of rotatable bonds is 6. The van der Waals surface area contributed by atoms with Gasteiger partial charge < -0.3 is 29.8 Å². The van der Waals surface area contributed by atoms with Crippen molar-refractivity contribution in [2.24, 2.45) is 0 Å². The van der Waals surface area contributed by atoms with E-state index in [9.17, 15) is 31.5 Å². The third-order valence-electron chi connectivity index (χ3n) is 8.43. The van der Waals surface area contributed by atoms with Crippen LogP contribution in [-0.2, 0) is 6.18 Å². The number of aromatic nitrogens is 2. The van der Waals surface area contributed by atoms with Crippen LogP contribution < -0.4 is 20.4 Å². The largest absolute Gasteiger partial charge is 0.437 e. The number of nitrogens with one attached hydrogen (secondary N) is 2. The molecule has 6 rings (SSSR count). The van der Waals surface area contributed by atoms with Gasteiger partial charge in [0.25, 0.3) is 11.9 Å². The molecule has 0 atom stereocenters. The number of amides is 3. The highest BCUT2D eigenvalue weighted by Crippen LogP contribution is 2.36. The lowest BCUT2D eigenvalue weighted by molar-refractivity contribution is -0.141. The number of pyridine rings is 1. The van der Waals surface area contributed by atoms with Crippen LogP contribution in [0.5, 0.6) is 0 Å². The Balaban J connectivity index is 1.07. The summed E-state index contributed by atoms with van der Waals surface area (Å²) in [6.45, 7) is 2.28.